The topological polar surface area (TPSA) is 88.2 Å². The Labute approximate surface area is 120 Å². The van der Waals surface area contributed by atoms with Crippen molar-refractivity contribution in [1.29, 1.82) is 0 Å². The molecule has 0 radical (unpaired) electrons. The highest BCUT2D eigenvalue weighted by Crippen LogP contribution is 2.15. The van der Waals surface area contributed by atoms with E-state index in [9.17, 15) is 4.79 Å². The van der Waals surface area contributed by atoms with Gasteiger partial charge >= 0.3 is 0 Å². The second-order valence-corrected chi connectivity index (χ2v) is 5.13. The fourth-order valence-corrected chi connectivity index (χ4v) is 2.57. The molecule has 3 heterocycles. The number of nitrogen functional groups attached to an aromatic ring is 1. The Hall–Kier alpha value is -2.22. The second-order valence-electron chi connectivity index (χ2n) is 4.52. The van der Waals surface area contributed by atoms with Crippen molar-refractivity contribution in [1.82, 2.24) is 19.5 Å². The SMILES string of the molecule is Nc1ccc(N2CCN(C(=O)c3csnn3)CC2)nc1. The number of hydrogen-bond acceptors (Lipinski definition) is 7. The predicted octanol–water partition coefficient (Wildman–Crippen LogP) is 0.478. The van der Waals surface area contributed by atoms with E-state index in [2.05, 4.69) is 19.5 Å². The average molecular weight is 290 g/mol. The lowest BCUT2D eigenvalue weighted by molar-refractivity contribution is 0.0740. The minimum atomic E-state index is -0.0522. The van der Waals surface area contributed by atoms with Crippen LogP contribution in [0.5, 0.6) is 0 Å². The fraction of sp³-hybridized carbons (Fsp3) is 0.333. The molecule has 1 saturated heterocycles. The van der Waals surface area contributed by atoms with Crippen molar-refractivity contribution in [2.45, 2.75) is 0 Å². The van der Waals surface area contributed by atoms with Crippen LogP contribution in [0, 0.1) is 0 Å². The van der Waals surface area contributed by atoms with E-state index in [0.717, 1.165) is 18.9 Å². The summed E-state index contributed by atoms with van der Waals surface area (Å²) in [5, 5.41) is 5.49. The lowest BCUT2D eigenvalue weighted by atomic mass is 10.2. The number of amides is 1. The van der Waals surface area contributed by atoms with Crippen LogP contribution in [0.15, 0.2) is 23.7 Å². The Morgan fingerprint density at radius 1 is 1.25 bits per heavy atom. The second kappa shape index (κ2) is 5.41. The molecular weight excluding hydrogens is 276 g/mol. The molecule has 104 valence electrons. The zero-order valence-electron chi connectivity index (χ0n) is 10.8. The van der Waals surface area contributed by atoms with E-state index in [-0.39, 0.29) is 5.91 Å². The van der Waals surface area contributed by atoms with Gasteiger partial charge in [-0.3, -0.25) is 4.79 Å². The molecular formula is C12H14N6OS. The molecule has 2 aromatic heterocycles. The molecule has 2 aromatic rings. The molecule has 3 rings (SSSR count). The summed E-state index contributed by atoms with van der Waals surface area (Å²) in [6.45, 7) is 2.81. The van der Waals surface area contributed by atoms with Gasteiger partial charge in [-0.25, -0.2) is 4.98 Å². The highest BCUT2D eigenvalue weighted by Gasteiger charge is 2.24. The normalized spacial score (nSPS) is 15.4. The van der Waals surface area contributed by atoms with Gasteiger partial charge < -0.3 is 15.5 Å². The number of rotatable bonds is 2. The molecule has 0 unspecified atom stereocenters. The van der Waals surface area contributed by atoms with Gasteiger partial charge in [-0.1, -0.05) is 4.49 Å². The van der Waals surface area contributed by atoms with Gasteiger partial charge in [-0.05, 0) is 23.7 Å². The van der Waals surface area contributed by atoms with E-state index in [1.54, 1.807) is 16.5 Å². The van der Waals surface area contributed by atoms with Gasteiger partial charge in [0.2, 0.25) is 0 Å². The monoisotopic (exact) mass is 290 g/mol. The molecule has 0 spiro atoms. The van der Waals surface area contributed by atoms with Crippen molar-refractivity contribution in [3.8, 4) is 0 Å². The van der Waals surface area contributed by atoms with E-state index in [0.29, 0.717) is 24.5 Å². The minimum absolute atomic E-state index is 0.0522. The van der Waals surface area contributed by atoms with Crippen LogP contribution >= 0.6 is 11.5 Å². The molecule has 0 aliphatic carbocycles. The van der Waals surface area contributed by atoms with Crippen LogP contribution in [0.2, 0.25) is 0 Å². The van der Waals surface area contributed by atoms with Crippen LogP contribution in [0.1, 0.15) is 10.5 Å². The molecule has 0 atom stereocenters. The summed E-state index contributed by atoms with van der Waals surface area (Å²) in [7, 11) is 0. The first-order valence-corrected chi connectivity index (χ1v) is 7.10. The van der Waals surface area contributed by atoms with Gasteiger partial charge in [0.05, 0.1) is 11.9 Å². The number of nitrogens with zero attached hydrogens (tertiary/aromatic N) is 5. The number of carbonyl (C=O) groups excluding carboxylic acids is 1. The van der Waals surface area contributed by atoms with Crippen LogP contribution in [-0.2, 0) is 0 Å². The molecule has 7 nitrogen and oxygen atoms in total. The molecule has 1 aliphatic rings. The average Bonchev–Trinajstić information content (AvgIpc) is 3.02. The van der Waals surface area contributed by atoms with Gasteiger partial charge in [0.15, 0.2) is 5.69 Å². The Morgan fingerprint density at radius 2 is 2.05 bits per heavy atom. The predicted molar refractivity (Wildman–Crippen MR) is 76.7 cm³/mol. The number of nitrogens with two attached hydrogens (primary N) is 1. The van der Waals surface area contributed by atoms with Crippen LogP contribution in [0.4, 0.5) is 11.5 Å². The van der Waals surface area contributed by atoms with Crippen molar-refractivity contribution in [3.05, 3.63) is 29.4 Å². The Bertz CT molecular complexity index is 577. The standard InChI is InChI=1S/C12H14N6OS/c13-9-1-2-11(14-7-9)17-3-5-18(6-4-17)12(19)10-8-20-16-15-10/h1-2,7-8H,3-6,13H2. The fourth-order valence-electron chi connectivity index (χ4n) is 2.14. The quantitative estimate of drug-likeness (QED) is 0.865. The molecule has 0 aromatic carbocycles. The van der Waals surface area contributed by atoms with Crippen molar-refractivity contribution in [2.75, 3.05) is 36.8 Å². The first-order chi connectivity index (χ1) is 9.74. The number of pyridine rings is 1. The lowest BCUT2D eigenvalue weighted by Gasteiger charge is -2.35. The lowest BCUT2D eigenvalue weighted by Crippen LogP contribution is -2.49. The van der Waals surface area contributed by atoms with Crippen LogP contribution in [-0.4, -0.2) is 51.6 Å². The Kier molecular flexibility index (Phi) is 3.46. The molecule has 0 bridgehead atoms. The number of hydrogen-bond donors (Lipinski definition) is 1. The largest absolute Gasteiger partial charge is 0.397 e. The maximum absolute atomic E-state index is 12.1. The van der Waals surface area contributed by atoms with Crippen LogP contribution in [0.25, 0.3) is 0 Å². The summed E-state index contributed by atoms with van der Waals surface area (Å²) in [5.74, 6) is 0.838. The van der Waals surface area contributed by atoms with Crippen molar-refractivity contribution in [3.63, 3.8) is 0 Å². The zero-order valence-corrected chi connectivity index (χ0v) is 11.6. The molecule has 1 aliphatic heterocycles. The first kappa shape index (κ1) is 12.8. The van der Waals surface area contributed by atoms with E-state index < -0.39 is 0 Å². The summed E-state index contributed by atoms with van der Waals surface area (Å²) in [5.41, 5.74) is 6.70. The number of anilines is 2. The van der Waals surface area contributed by atoms with Crippen LogP contribution in [0.3, 0.4) is 0 Å². The molecule has 1 amide bonds. The summed E-state index contributed by atoms with van der Waals surface area (Å²) in [4.78, 5) is 20.4. The molecule has 20 heavy (non-hydrogen) atoms. The minimum Gasteiger partial charge on any atom is -0.397 e. The number of aromatic nitrogens is 3. The molecule has 1 fully saturated rings. The highest BCUT2D eigenvalue weighted by atomic mass is 32.1. The zero-order chi connectivity index (χ0) is 13.9. The summed E-state index contributed by atoms with van der Waals surface area (Å²) >= 11 is 1.19. The van der Waals surface area contributed by atoms with Gasteiger partial charge in [-0.2, -0.15) is 0 Å². The molecule has 2 N–H and O–H groups in total. The first-order valence-electron chi connectivity index (χ1n) is 6.27. The van der Waals surface area contributed by atoms with E-state index >= 15 is 0 Å². The Morgan fingerprint density at radius 3 is 2.65 bits per heavy atom. The summed E-state index contributed by atoms with van der Waals surface area (Å²) < 4.78 is 3.72. The third-order valence-corrected chi connectivity index (χ3v) is 3.75. The third-order valence-electron chi connectivity index (χ3n) is 3.24. The van der Waals surface area contributed by atoms with Gasteiger partial charge in [-0.15, -0.1) is 5.10 Å². The Balaban J connectivity index is 1.62. The van der Waals surface area contributed by atoms with Crippen molar-refractivity contribution < 1.29 is 4.79 Å². The smallest absolute Gasteiger partial charge is 0.275 e. The maximum atomic E-state index is 12.1. The highest BCUT2D eigenvalue weighted by molar-refractivity contribution is 7.03. The summed E-state index contributed by atoms with van der Waals surface area (Å²) in [6, 6.07) is 3.73. The third kappa shape index (κ3) is 2.55. The van der Waals surface area contributed by atoms with Crippen molar-refractivity contribution >= 4 is 28.9 Å². The molecule has 8 heteroatoms. The number of piperazine rings is 1. The van der Waals surface area contributed by atoms with E-state index in [1.165, 1.54) is 11.5 Å². The maximum Gasteiger partial charge on any atom is 0.275 e. The van der Waals surface area contributed by atoms with Gasteiger partial charge in [0.25, 0.3) is 5.91 Å². The van der Waals surface area contributed by atoms with E-state index in [1.807, 2.05) is 12.1 Å². The van der Waals surface area contributed by atoms with Crippen LogP contribution < -0.4 is 10.6 Å². The number of carbonyl (C=O) groups is 1. The van der Waals surface area contributed by atoms with Gasteiger partial charge in [0.1, 0.15) is 5.82 Å². The van der Waals surface area contributed by atoms with Gasteiger partial charge in [0, 0.05) is 31.6 Å². The van der Waals surface area contributed by atoms with Crippen molar-refractivity contribution in [2.24, 2.45) is 0 Å². The molecule has 0 saturated carbocycles. The summed E-state index contributed by atoms with van der Waals surface area (Å²) in [6.07, 6.45) is 1.65. The van der Waals surface area contributed by atoms with E-state index in [4.69, 9.17) is 5.73 Å².